The standard InChI is InChI=1S/3C4H7NO2.C4H9N.Ta/c3*1-3(6)5-4(2)7;1-4(2,3)5;/h3*1-2H3,(H,5,6,7);1-3H3;/p-3. The van der Waals surface area contributed by atoms with Crippen molar-refractivity contribution in [3.63, 3.8) is 0 Å². The molecule has 0 saturated carbocycles. The van der Waals surface area contributed by atoms with E-state index in [0.717, 1.165) is 20.9 Å². The molecule has 6 amide bonds. The summed E-state index contributed by atoms with van der Waals surface area (Å²) in [7, 11) is 0. The van der Waals surface area contributed by atoms with Crippen LogP contribution in [-0.2, 0) is 49.7 Å². The Balaban J connectivity index is -0.000000131. The number of imide groups is 3. The average Bonchev–Trinajstić information content (AvgIpc) is 2.34. The zero-order valence-electron chi connectivity index (χ0n) is 17.2. The second-order valence-electron chi connectivity index (χ2n) is 5.72. The number of carbonyl (C=O) groups excluding carboxylic acids is 6. The normalized spacial score (nSPS) is 8.44. The topological polar surface area (TPSA) is 157 Å². The molecule has 0 unspecified atom stereocenters. The summed E-state index contributed by atoms with van der Waals surface area (Å²) >= 11 is 1.15. The van der Waals surface area contributed by atoms with Crippen LogP contribution in [0.1, 0.15) is 62.3 Å². The van der Waals surface area contributed by atoms with E-state index in [9.17, 15) is 28.8 Å². The van der Waals surface area contributed by atoms with Gasteiger partial charge in [-0.2, -0.15) is 0 Å². The van der Waals surface area contributed by atoms with Crippen molar-refractivity contribution in [2.24, 2.45) is 3.34 Å². The average molecular weight is 552 g/mol. The molecule has 27 heavy (non-hydrogen) atoms. The van der Waals surface area contributed by atoms with Crippen LogP contribution in [0.4, 0.5) is 0 Å². The van der Waals surface area contributed by atoms with E-state index < -0.39 is 35.4 Å². The molecule has 0 fully saturated rings. The van der Waals surface area contributed by atoms with Gasteiger partial charge in [-0.3, -0.25) is 0 Å². The van der Waals surface area contributed by atoms with Gasteiger partial charge < -0.3 is 44.7 Å². The zero-order valence-corrected chi connectivity index (χ0v) is 20.4. The maximum absolute atomic E-state index is 9.87. The number of amides is 6. The first-order valence-electron chi connectivity index (χ1n) is 7.49. The van der Waals surface area contributed by atoms with Crippen molar-refractivity contribution in [2.75, 3.05) is 0 Å². The van der Waals surface area contributed by atoms with Gasteiger partial charge in [0.25, 0.3) is 0 Å². The molecule has 0 aromatic heterocycles. The zero-order chi connectivity index (χ0) is 22.8. The molecule has 0 bridgehead atoms. The van der Waals surface area contributed by atoms with Gasteiger partial charge in [-0.1, -0.05) is 0 Å². The molecule has 0 spiro atoms. The number of nitrogens with zero attached hydrogens (tertiary/aromatic N) is 4. The fourth-order valence-corrected chi connectivity index (χ4v) is 0.665. The van der Waals surface area contributed by atoms with Gasteiger partial charge in [0.05, 0.1) is 35.4 Å². The minimum atomic E-state index is -0.437. The molecular formula is C16H27N4O6Ta-3. The van der Waals surface area contributed by atoms with Crippen molar-refractivity contribution in [1.82, 2.24) is 0 Å². The summed E-state index contributed by atoms with van der Waals surface area (Å²) in [5.41, 5.74) is 0.216. The molecular weight excluding hydrogens is 525 g/mol. The summed E-state index contributed by atoms with van der Waals surface area (Å²) in [6, 6.07) is 0. The van der Waals surface area contributed by atoms with Crippen LogP contribution in [0.25, 0.3) is 16.0 Å². The van der Waals surface area contributed by atoms with Crippen molar-refractivity contribution >= 4 is 35.4 Å². The Morgan fingerprint density at radius 1 is 0.556 bits per heavy atom. The number of carbonyl (C=O) groups is 6. The van der Waals surface area contributed by atoms with E-state index >= 15 is 0 Å². The van der Waals surface area contributed by atoms with Gasteiger partial charge in [0.1, 0.15) is 0 Å². The molecule has 0 atom stereocenters. The molecule has 0 radical (unpaired) electrons. The van der Waals surface area contributed by atoms with E-state index in [1.54, 1.807) is 0 Å². The van der Waals surface area contributed by atoms with Crippen molar-refractivity contribution in [1.29, 1.82) is 0 Å². The molecule has 0 aliphatic heterocycles. The third-order valence-electron chi connectivity index (χ3n) is 1.24. The first-order valence-corrected chi connectivity index (χ1v) is 8.93. The van der Waals surface area contributed by atoms with Crippen molar-refractivity contribution < 1.29 is 49.7 Å². The molecule has 155 valence electrons. The van der Waals surface area contributed by atoms with Crippen LogP contribution >= 0.6 is 0 Å². The van der Waals surface area contributed by atoms with Crippen LogP contribution in [0.2, 0.25) is 0 Å². The molecule has 0 aliphatic carbocycles. The molecule has 10 nitrogen and oxygen atoms in total. The number of rotatable bonds is 0. The fraction of sp³-hybridized carbons (Fsp3) is 0.625. The Labute approximate surface area is 172 Å². The van der Waals surface area contributed by atoms with Crippen molar-refractivity contribution in [2.45, 2.75) is 67.9 Å². The monoisotopic (exact) mass is 552 g/mol. The summed E-state index contributed by atoms with van der Waals surface area (Å²) in [6.07, 6.45) is 0. The summed E-state index contributed by atoms with van der Waals surface area (Å²) in [5.74, 6) is -2.62. The molecule has 0 aromatic carbocycles. The van der Waals surface area contributed by atoms with Gasteiger partial charge in [0, 0.05) is 0 Å². The van der Waals surface area contributed by atoms with E-state index in [1.807, 2.05) is 0 Å². The molecule has 0 rings (SSSR count). The second kappa shape index (κ2) is 18.7. The Morgan fingerprint density at radius 2 is 0.667 bits per heavy atom. The van der Waals surface area contributed by atoms with E-state index in [-0.39, 0.29) is 5.54 Å². The van der Waals surface area contributed by atoms with Crippen molar-refractivity contribution in [3.8, 4) is 0 Å². The van der Waals surface area contributed by atoms with Gasteiger partial charge in [-0.15, -0.1) is 0 Å². The van der Waals surface area contributed by atoms with Crippen LogP contribution in [0.15, 0.2) is 3.34 Å². The van der Waals surface area contributed by atoms with Gasteiger partial charge in [0.15, 0.2) is 0 Å². The van der Waals surface area contributed by atoms with E-state index in [0.29, 0.717) is 0 Å². The van der Waals surface area contributed by atoms with Crippen LogP contribution in [-0.4, -0.2) is 41.0 Å². The summed E-state index contributed by atoms with van der Waals surface area (Å²) in [5, 5.41) is 9.00. The van der Waals surface area contributed by atoms with Gasteiger partial charge in [-0.05, 0) is 41.5 Å². The summed E-state index contributed by atoms with van der Waals surface area (Å²) in [6.45, 7) is 13.7. The maximum atomic E-state index is 9.87. The quantitative estimate of drug-likeness (QED) is 0.450. The number of hydrogen-bond acceptors (Lipinski definition) is 7. The SMILES string of the molecule is CC(=O)[N-]C(C)=O.CC(=O)[N-]C(C)=O.CC(=O)[N-]C(C)=O.CC(C)(C)[N]=[Ta]. The minimum absolute atomic E-state index is 0.216. The molecule has 11 heteroatoms. The molecule has 0 aromatic rings. The van der Waals surface area contributed by atoms with Crippen molar-refractivity contribution in [3.05, 3.63) is 16.0 Å². The third-order valence-corrected chi connectivity index (χ3v) is 3.40. The first-order chi connectivity index (χ1) is 11.9. The molecule has 0 N–H and O–H groups in total. The third kappa shape index (κ3) is 68.8. The summed E-state index contributed by atoms with van der Waals surface area (Å²) in [4.78, 5) is 59.2. The number of hydrogen-bond donors (Lipinski definition) is 0. The van der Waals surface area contributed by atoms with Gasteiger partial charge in [0.2, 0.25) is 0 Å². The molecule has 0 aliphatic rings. The predicted molar refractivity (Wildman–Crippen MR) is 96.3 cm³/mol. The van der Waals surface area contributed by atoms with Gasteiger partial charge in [-0.25, -0.2) is 0 Å². The Hall–Kier alpha value is -2.04. The summed E-state index contributed by atoms with van der Waals surface area (Å²) < 4.78 is 4.13. The van der Waals surface area contributed by atoms with Crippen LogP contribution in [0.5, 0.6) is 0 Å². The van der Waals surface area contributed by atoms with Crippen LogP contribution < -0.4 is 0 Å². The second-order valence-corrected chi connectivity index (χ2v) is 6.44. The predicted octanol–water partition coefficient (Wildman–Crippen LogP) is 2.87. The van der Waals surface area contributed by atoms with E-state index in [2.05, 4.69) is 40.1 Å². The van der Waals surface area contributed by atoms with Crippen LogP contribution in [0, 0.1) is 0 Å². The Kier molecular flexibility index (Phi) is 22.6. The Morgan fingerprint density at radius 3 is 0.667 bits per heavy atom. The van der Waals surface area contributed by atoms with Gasteiger partial charge >= 0.3 is 50.5 Å². The Bertz CT molecular complexity index is 444. The fourth-order valence-electron chi connectivity index (χ4n) is 0.665. The molecule has 0 heterocycles. The van der Waals surface area contributed by atoms with Crippen LogP contribution in [0.3, 0.4) is 0 Å². The molecule has 0 saturated heterocycles. The van der Waals surface area contributed by atoms with E-state index in [4.69, 9.17) is 0 Å². The first kappa shape index (κ1) is 32.6. The van der Waals surface area contributed by atoms with E-state index in [1.165, 1.54) is 41.5 Å².